The molecule has 9 heteroatoms. The molecule has 0 aliphatic rings. The number of hydrogen-bond donors (Lipinski definition) is 0. The van der Waals surface area contributed by atoms with Crippen molar-refractivity contribution in [2.45, 2.75) is 45.4 Å². The SMILES string of the molecule is CC(C)(C)OC(=O)COc1ccc(CCC(=O)c2ccc(-c3ccc(C(F)(F)F)cc3)s2)cc1F. The highest BCUT2D eigenvalue weighted by Crippen LogP contribution is 2.33. The van der Waals surface area contributed by atoms with Crippen molar-refractivity contribution in [3.63, 3.8) is 0 Å². The maximum atomic E-state index is 14.3. The van der Waals surface area contributed by atoms with Gasteiger partial charge in [0.25, 0.3) is 0 Å². The molecular formula is C26H24F4O4S. The van der Waals surface area contributed by atoms with Gasteiger partial charge in [0.1, 0.15) is 5.60 Å². The number of carbonyl (C=O) groups is 2. The molecule has 0 amide bonds. The number of esters is 1. The lowest BCUT2D eigenvalue weighted by Gasteiger charge is -2.19. The normalized spacial score (nSPS) is 11.9. The maximum absolute atomic E-state index is 14.3. The second-order valence-electron chi connectivity index (χ2n) is 8.80. The number of ether oxygens (including phenoxy) is 2. The smallest absolute Gasteiger partial charge is 0.416 e. The lowest BCUT2D eigenvalue weighted by Crippen LogP contribution is -2.27. The van der Waals surface area contributed by atoms with Gasteiger partial charge in [-0.2, -0.15) is 13.2 Å². The summed E-state index contributed by atoms with van der Waals surface area (Å²) in [4.78, 5) is 25.5. The number of hydrogen-bond acceptors (Lipinski definition) is 5. The number of thiophene rings is 1. The van der Waals surface area contributed by atoms with E-state index < -0.39 is 35.7 Å². The average Bonchev–Trinajstić information content (AvgIpc) is 3.25. The van der Waals surface area contributed by atoms with E-state index >= 15 is 0 Å². The van der Waals surface area contributed by atoms with Gasteiger partial charge in [-0.15, -0.1) is 11.3 Å². The zero-order chi connectivity index (χ0) is 25.8. The van der Waals surface area contributed by atoms with Crippen LogP contribution in [-0.4, -0.2) is 24.0 Å². The zero-order valence-electron chi connectivity index (χ0n) is 19.4. The van der Waals surface area contributed by atoms with Gasteiger partial charge in [-0.05, 0) is 74.7 Å². The van der Waals surface area contributed by atoms with E-state index in [9.17, 15) is 27.2 Å². The average molecular weight is 509 g/mol. The Labute approximate surface area is 204 Å². The van der Waals surface area contributed by atoms with Crippen LogP contribution in [0.4, 0.5) is 17.6 Å². The first-order chi connectivity index (χ1) is 16.3. The summed E-state index contributed by atoms with van der Waals surface area (Å²) in [6.07, 6.45) is -3.99. The molecule has 0 fully saturated rings. The summed E-state index contributed by atoms with van der Waals surface area (Å²) in [5.41, 5.74) is -0.232. The molecular weight excluding hydrogens is 484 g/mol. The topological polar surface area (TPSA) is 52.6 Å². The van der Waals surface area contributed by atoms with E-state index in [0.717, 1.165) is 12.1 Å². The summed E-state index contributed by atoms with van der Waals surface area (Å²) in [6.45, 7) is 4.72. The molecule has 0 saturated heterocycles. The first-order valence-electron chi connectivity index (χ1n) is 10.8. The Kier molecular flexibility index (Phi) is 8.00. The molecule has 0 N–H and O–H groups in total. The van der Waals surface area contributed by atoms with Crippen molar-refractivity contribution in [3.05, 3.63) is 76.4 Å². The molecule has 0 saturated carbocycles. The van der Waals surface area contributed by atoms with E-state index in [0.29, 0.717) is 20.9 Å². The number of halogens is 4. The van der Waals surface area contributed by atoms with Crippen LogP contribution >= 0.6 is 11.3 Å². The number of benzene rings is 2. The third kappa shape index (κ3) is 7.65. The Morgan fingerprint density at radius 1 is 0.943 bits per heavy atom. The summed E-state index contributed by atoms with van der Waals surface area (Å²) in [5.74, 6) is -1.51. The molecule has 0 aliphatic heterocycles. The van der Waals surface area contributed by atoms with Crippen molar-refractivity contribution in [1.82, 2.24) is 0 Å². The van der Waals surface area contributed by atoms with Crippen molar-refractivity contribution < 1.29 is 36.6 Å². The van der Waals surface area contributed by atoms with E-state index in [4.69, 9.17) is 9.47 Å². The third-order valence-electron chi connectivity index (χ3n) is 4.78. The largest absolute Gasteiger partial charge is 0.479 e. The summed E-state index contributed by atoms with van der Waals surface area (Å²) >= 11 is 1.19. The number of carbonyl (C=O) groups excluding carboxylic acids is 2. The van der Waals surface area contributed by atoms with Gasteiger partial charge in [-0.3, -0.25) is 4.79 Å². The minimum absolute atomic E-state index is 0.0922. The Balaban J connectivity index is 1.56. The van der Waals surface area contributed by atoms with Gasteiger partial charge >= 0.3 is 12.1 Å². The quantitative estimate of drug-likeness (QED) is 0.185. The van der Waals surface area contributed by atoms with E-state index in [1.165, 1.54) is 35.6 Å². The Bertz CT molecular complexity index is 1190. The Hall–Kier alpha value is -3.20. The lowest BCUT2D eigenvalue weighted by molar-refractivity contribution is -0.157. The number of aryl methyl sites for hydroxylation is 1. The molecule has 0 radical (unpaired) electrons. The maximum Gasteiger partial charge on any atom is 0.416 e. The summed E-state index contributed by atoms with van der Waals surface area (Å²) in [6, 6.07) is 12.3. The molecule has 35 heavy (non-hydrogen) atoms. The lowest BCUT2D eigenvalue weighted by atomic mass is 10.1. The van der Waals surface area contributed by atoms with E-state index in [1.807, 2.05) is 0 Å². The Morgan fingerprint density at radius 3 is 2.23 bits per heavy atom. The molecule has 3 aromatic rings. The van der Waals surface area contributed by atoms with Gasteiger partial charge in [-0.25, -0.2) is 9.18 Å². The number of alkyl halides is 3. The molecule has 0 atom stereocenters. The molecule has 0 aliphatic carbocycles. The van der Waals surface area contributed by atoms with Crippen LogP contribution in [0.25, 0.3) is 10.4 Å². The molecule has 2 aromatic carbocycles. The van der Waals surface area contributed by atoms with Crippen molar-refractivity contribution in [2.24, 2.45) is 0 Å². The standard InChI is InChI=1S/C26H24F4O4S/c1-25(2,3)34-24(32)15-33-21-11-5-16(14-19(21)27)4-10-20(31)23-13-12-22(35-23)17-6-8-18(9-7-17)26(28,29)30/h5-9,11-14H,4,10,15H2,1-3H3. The second-order valence-corrected chi connectivity index (χ2v) is 9.89. The van der Waals surface area contributed by atoms with Crippen LogP contribution in [0.5, 0.6) is 5.75 Å². The number of rotatable bonds is 8. The fraction of sp³-hybridized carbons (Fsp3) is 0.308. The van der Waals surface area contributed by atoms with Crippen molar-refractivity contribution in [3.8, 4) is 16.2 Å². The molecule has 1 aromatic heterocycles. The molecule has 1 heterocycles. The number of Topliss-reactive ketones (excluding diaryl/α,β-unsaturated/α-hetero) is 1. The van der Waals surface area contributed by atoms with E-state index in [1.54, 1.807) is 39.0 Å². The second kappa shape index (κ2) is 10.6. The van der Waals surface area contributed by atoms with Crippen LogP contribution in [0.15, 0.2) is 54.6 Å². The summed E-state index contributed by atoms with van der Waals surface area (Å²) < 4.78 is 62.9. The van der Waals surface area contributed by atoms with Gasteiger partial charge in [0.2, 0.25) is 0 Å². The number of ketones is 1. The van der Waals surface area contributed by atoms with Crippen molar-refractivity contribution >= 4 is 23.1 Å². The minimum Gasteiger partial charge on any atom is -0.479 e. The van der Waals surface area contributed by atoms with Gasteiger partial charge in [0, 0.05) is 11.3 Å². The van der Waals surface area contributed by atoms with Gasteiger partial charge in [-0.1, -0.05) is 18.2 Å². The molecule has 4 nitrogen and oxygen atoms in total. The third-order valence-corrected chi connectivity index (χ3v) is 5.96. The van der Waals surface area contributed by atoms with Crippen LogP contribution in [0.3, 0.4) is 0 Å². The fourth-order valence-electron chi connectivity index (χ4n) is 3.17. The van der Waals surface area contributed by atoms with Crippen LogP contribution < -0.4 is 4.74 Å². The van der Waals surface area contributed by atoms with Gasteiger partial charge < -0.3 is 9.47 Å². The van der Waals surface area contributed by atoms with Crippen LogP contribution in [-0.2, 0) is 22.1 Å². The minimum atomic E-state index is -4.41. The highest BCUT2D eigenvalue weighted by atomic mass is 32.1. The molecule has 186 valence electrons. The van der Waals surface area contributed by atoms with Crippen LogP contribution in [0.1, 0.15) is 48.0 Å². The van der Waals surface area contributed by atoms with Crippen LogP contribution in [0, 0.1) is 5.82 Å². The van der Waals surface area contributed by atoms with E-state index in [2.05, 4.69) is 0 Å². The highest BCUT2D eigenvalue weighted by Gasteiger charge is 2.30. The molecule has 0 bridgehead atoms. The predicted molar refractivity (Wildman–Crippen MR) is 125 cm³/mol. The van der Waals surface area contributed by atoms with Gasteiger partial charge in [0.15, 0.2) is 24.0 Å². The first kappa shape index (κ1) is 26.4. The fourth-order valence-corrected chi connectivity index (χ4v) is 4.15. The summed E-state index contributed by atoms with van der Waals surface area (Å²) in [5, 5.41) is 0. The van der Waals surface area contributed by atoms with E-state index in [-0.39, 0.29) is 24.4 Å². The zero-order valence-corrected chi connectivity index (χ0v) is 20.2. The van der Waals surface area contributed by atoms with Crippen molar-refractivity contribution in [1.29, 1.82) is 0 Å². The van der Waals surface area contributed by atoms with Crippen molar-refractivity contribution in [2.75, 3.05) is 6.61 Å². The highest BCUT2D eigenvalue weighted by molar-refractivity contribution is 7.17. The predicted octanol–water partition coefficient (Wildman–Crippen LogP) is 7.11. The van der Waals surface area contributed by atoms with Gasteiger partial charge in [0.05, 0.1) is 10.4 Å². The monoisotopic (exact) mass is 508 g/mol. The molecule has 0 spiro atoms. The first-order valence-corrected chi connectivity index (χ1v) is 11.6. The molecule has 3 rings (SSSR count). The Morgan fingerprint density at radius 2 is 1.63 bits per heavy atom. The summed E-state index contributed by atoms with van der Waals surface area (Å²) in [7, 11) is 0. The molecule has 0 unspecified atom stereocenters. The van der Waals surface area contributed by atoms with Crippen LogP contribution in [0.2, 0.25) is 0 Å².